The molecule has 3 rings (SSSR count). The molecule has 2 aromatic carbocycles. The zero-order valence-corrected chi connectivity index (χ0v) is 13.6. The molecular formula is C17H14Cl2FNO2. The van der Waals surface area contributed by atoms with Gasteiger partial charge in [0.1, 0.15) is 5.82 Å². The van der Waals surface area contributed by atoms with Crippen molar-refractivity contribution in [1.82, 2.24) is 0 Å². The lowest BCUT2D eigenvalue weighted by atomic mass is 9.96. The Balaban J connectivity index is 1.81. The van der Waals surface area contributed by atoms with Crippen LogP contribution in [-0.2, 0) is 0 Å². The van der Waals surface area contributed by atoms with Crippen LogP contribution in [0.15, 0.2) is 36.4 Å². The molecule has 0 bridgehead atoms. The van der Waals surface area contributed by atoms with E-state index in [0.717, 1.165) is 30.8 Å². The summed E-state index contributed by atoms with van der Waals surface area (Å²) >= 11 is 12.0. The molecule has 0 amide bonds. The highest BCUT2D eigenvalue weighted by atomic mass is 35.5. The lowest BCUT2D eigenvalue weighted by molar-refractivity contribution is 0.0691. The first-order valence-electron chi connectivity index (χ1n) is 7.18. The Morgan fingerprint density at radius 1 is 1.17 bits per heavy atom. The van der Waals surface area contributed by atoms with Crippen LogP contribution in [0.1, 0.15) is 28.3 Å². The lowest BCUT2D eigenvalue weighted by Gasteiger charge is -2.19. The number of aromatic carboxylic acids is 1. The number of carboxylic acid groups (broad SMARTS) is 1. The molecule has 1 aliphatic heterocycles. The Bertz CT molecular complexity index is 766. The lowest BCUT2D eigenvalue weighted by Crippen LogP contribution is -2.19. The number of hydrogen-bond acceptors (Lipinski definition) is 2. The summed E-state index contributed by atoms with van der Waals surface area (Å²) in [5, 5.41) is 10.1. The van der Waals surface area contributed by atoms with Crippen molar-refractivity contribution in [2.24, 2.45) is 0 Å². The van der Waals surface area contributed by atoms with Crippen LogP contribution in [-0.4, -0.2) is 24.2 Å². The van der Waals surface area contributed by atoms with Gasteiger partial charge < -0.3 is 10.0 Å². The number of anilines is 1. The first-order chi connectivity index (χ1) is 11.0. The third-order valence-electron chi connectivity index (χ3n) is 4.15. The predicted octanol–water partition coefficient (Wildman–Crippen LogP) is 4.82. The van der Waals surface area contributed by atoms with Crippen molar-refractivity contribution in [2.45, 2.75) is 12.3 Å². The number of carboxylic acids is 1. The summed E-state index contributed by atoms with van der Waals surface area (Å²) in [7, 11) is 0. The zero-order chi connectivity index (χ0) is 16.6. The topological polar surface area (TPSA) is 40.5 Å². The number of benzene rings is 2. The maximum Gasteiger partial charge on any atom is 0.338 e. The molecule has 1 fully saturated rings. The third kappa shape index (κ3) is 3.28. The Kier molecular flexibility index (Phi) is 4.46. The molecule has 120 valence electrons. The molecule has 0 aliphatic carbocycles. The fourth-order valence-corrected chi connectivity index (χ4v) is 3.20. The van der Waals surface area contributed by atoms with Gasteiger partial charge in [0.15, 0.2) is 0 Å². The molecule has 1 N–H and O–H groups in total. The third-order valence-corrected chi connectivity index (χ3v) is 4.89. The van der Waals surface area contributed by atoms with Gasteiger partial charge in [0.2, 0.25) is 0 Å². The van der Waals surface area contributed by atoms with Gasteiger partial charge in [0.05, 0.1) is 15.6 Å². The molecular weight excluding hydrogens is 340 g/mol. The molecule has 0 spiro atoms. The highest BCUT2D eigenvalue weighted by Gasteiger charge is 2.25. The molecule has 23 heavy (non-hydrogen) atoms. The van der Waals surface area contributed by atoms with E-state index in [9.17, 15) is 9.18 Å². The Labute approximate surface area is 143 Å². The van der Waals surface area contributed by atoms with Crippen LogP contribution in [0.3, 0.4) is 0 Å². The molecule has 3 nitrogen and oxygen atoms in total. The Hall–Kier alpha value is -1.78. The van der Waals surface area contributed by atoms with Crippen LogP contribution in [0, 0.1) is 5.82 Å². The van der Waals surface area contributed by atoms with Gasteiger partial charge in [-0.15, -0.1) is 0 Å². The molecule has 2 aromatic rings. The van der Waals surface area contributed by atoms with Crippen LogP contribution in [0.2, 0.25) is 10.0 Å². The minimum absolute atomic E-state index is 0.156. The highest BCUT2D eigenvalue weighted by molar-refractivity contribution is 6.42. The minimum Gasteiger partial charge on any atom is -0.478 e. The van der Waals surface area contributed by atoms with Crippen molar-refractivity contribution in [1.29, 1.82) is 0 Å². The van der Waals surface area contributed by atoms with Crippen LogP contribution < -0.4 is 4.90 Å². The van der Waals surface area contributed by atoms with Crippen molar-refractivity contribution in [3.63, 3.8) is 0 Å². The molecule has 1 aliphatic rings. The van der Waals surface area contributed by atoms with Gasteiger partial charge in [-0.05, 0) is 42.3 Å². The maximum atomic E-state index is 13.5. The molecule has 1 saturated heterocycles. The molecule has 1 heterocycles. The molecule has 1 unspecified atom stereocenters. The smallest absolute Gasteiger partial charge is 0.338 e. The van der Waals surface area contributed by atoms with Crippen LogP contribution >= 0.6 is 23.2 Å². The van der Waals surface area contributed by atoms with Crippen molar-refractivity contribution < 1.29 is 14.3 Å². The van der Waals surface area contributed by atoms with Gasteiger partial charge in [-0.25, -0.2) is 9.18 Å². The normalized spacial score (nSPS) is 17.5. The summed E-state index contributed by atoms with van der Waals surface area (Å²) < 4.78 is 13.5. The Morgan fingerprint density at radius 2 is 1.96 bits per heavy atom. The SMILES string of the molecule is O=C(O)c1cc(C2CCN(c3ccc(Cl)c(Cl)c3)C2)ccc1F. The molecule has 0 saturated carbocycles. The van der Waals surface area contributed by atoms with Gasteiger partial charge in [0, 0.05) is 24.7 Å². The first kappa shape index (κ1) is 16.1. The second kappa shape index (κ2) is 6.38. The molecule has 6 heteroatoms. The number of nitrogens with zero attached hydrogens (tertiary/aromatic N) is 1. The molecule has 0 radical (unpaired) electrons. The van der Waals surface area contributed by atoms with E-state index in [-0.39, 0.29) is 11.5 Å². The van der Waals surface area contributed by atoms with E-state index in [2.05, 4.69) is 4.90 Å². The van der Waals surface area contributed by atoms with E-state index in [4.69, 9.17) is 28.3 Å². The standard InChI is InChI=1S/C17H14Cl2FNO2/c18-14-3-2-12(8-15(14)19)21-6-5-11(9-21)10-1-4-16(20)13(7-10)17(22)23/h1-4,7-8,11H,5-6,9H2,(H,22,23). The number of halogens is 3. The summed E-state index contributed by atoms with van der Waals surface area (Å²) in [4.78, 5) is 13.2. The van der Waals surface area contributed by atoms with E-state index in [1.165, 1.54) is 12.1 Å². The van der Waals surface area contributed by atoms with Crippen LogP contribution in [0.4, 0.5) is 10.1 Å². The molecule has 0 aromatic heterocycles. The summed E-state index contributed by atoms with van der Waals surface area (Å²) in [6, 6.07) is 9.79. The largest absolute Gasteiger partial charge is 0.478 e. The van der Waals surface area contributed by atoms with Crippen LogP contribution in [0.5, 0.6) is 0 Å². The van der Waals surface area contributed by atoms with Gasteiger partial charge >= 0.3 is 5.97 Å². The fourth-order valence-electron chi connectivity index (χ4n) is 2.91. The number of rotatable bonds is 3. The number of hydrogen-bond donors (Lipinski definition) is 1. The van der Waals surface area contributed by atoms with Gasteiger partial charge in [-0.2, -0.15) is 0 Å². The quantitative estimate of drug-likeness (QED) is 0.859. The monoisotopic (exact) mass is 353 g/mol. The summed E-state index contributed by atoms with van der Waals surface area (Å²) in [5.74, 6) is -1.80. The van der Waals surface area contributed by atoms with E-state index in [1.54, 1.807) is 12.1 Å². The summed E-state index contributed by atoms with van der Waals surface area (Å²) in [6.07, 6.45) is 0.866. The minimum atomic E-state index is -1.25. The molecule has 1 atom stereocenters. The van der Waals surface area contributed by atoms with Gasteiger partial charge in [-0.3, -0.25) is 0 Å². The maximum absolute atomic E-state index is 13.5. The number of carbonyl (C=O) groups is 1. The average molecular weight is 354 g/mol. The predicted molar refractivity (Wildman–Crippen MR) is 89.4 cm³/mol. The first-order valence-corrected chi connectivity index (χ1v) is 7.94. The van der Waals surface area contributed by atoms with Crippen molar-refractivity contribution in [3.8, 4) is 0 Å². The second-order valence-corrected chi connectivity index (χ2v) is 6.39. The van der Waals surface area contributed by atoms with E-state index >= 15 is 0 Å². The summed E-state index contributed by atoms with van der Waals surface area (Å²) in [5.41, 5.74) is 1.53. The van der Waals surface area contributed by atoms with E-state index in [1.807, 2.05) is 12.1 Å². The van der Waals surface area contributed by atoms with Crippen molar-refractivity contribution in [3.05, 3.63) is 63.4 Å². The van der Waals surface area contributed by atoms with Crippen molar-refractivity contribution >= 4 is 34.9 Å². The van der Waals surface area contributed by atoms with Crippen LogP contribution in [0.25, 0.3) is 0 Å². The second-order valence-electron chi connectivity index (χ2n) is 5.57. The van der Waals surface area contributed by atoms with Gasteiger partial charge in [-0.1, -0.05) is 29.3 Å². The zero-order valence-electron chi connectivity index (χ0n) is 12.1. The highest BCUT2D eigenvalue weighted by Crippen LogP contribution is 2.34. The van der Waals surface area contributed by atoms with E-state index < -0.39 is 11.8 Å². The van der Waals surface area contributed by atoms with Crippen molar-refractivity contribution in [2.75, 3.05) is 18.0 Å². The average Bonchev–Trinajstić information content (AvgIpc) is 3.00. The Morgan fingerprint density at radius 3 is 2.65 bits per heavy atom. The van der Waals surface area contributed by atoms with E-state index in [0.29, 0.717) is 10.0 Å². The van der Waals surface area contributed by atoms with Gasteiger partial charge in [0.25, 0.3) is 0 Å². The summed E-state index contributed by atoms with van der Waals surface area (Å²) in [6.45, 7) is 1.55. The fraction of sp³-hybridized carbons (Fsp3) is 0.235.